The van der Waals surface area contributed by atoms with Gasteiger partial charge in [-0.3, -0.25) is 4.79 Å². The van der Waals surface area contributed by atoms with Crippen molar-refractivity contribution in [1.82, 2.24) is 10.6 Å². The third-order valence-corrected chi connectivity index (χ3v) is 1.13. The molecule has 2 N–H and O–H groups in total. The Bertz CT molecular complexity index is 93.1. The van der Waals surface area contributed by atoms with E-state index in [0.717, 1.165) is 0 Å². The van der Waals surface area contributed by atoms with Crippen molar-refractivity contribution in [3.8, 4) is 0 Å². The summed E-state index contributed by atoms with van der Waals surface area (Å²) < 4.78 is 0. The van der Waals surface area contributed by atoms with E-state index in [9.17, 15) is 4.79 Å². The maximum Gasteiger partial charge on any atom is 0.220 e. The monoisotopic (exact) mass is 130 g/mol. The van der Waals surface area contributed by atoms with Gasteiger partial charge in [0.15, 0.2) is 0 Å². The van der Waals surface area contributed by atoms with E-state index in [-0.39, 0.29) is 12.1 Å². The van der Waals surface area contributed by atoms with E-state index in [1.165, 1.54) is 0 Å². The maximum absolute atomic E-state index is 10.6. The fourth-order valence-corrected chi connectivity index (χ4v) is 0.416. The molecular formula is C6H14N2O. The summed E-state index contributed by atoms with van der Waals surface area (Å²) in [6, 6.07) is 0. The van der Waals surface area contributed by atoms with Crippen molar-refractivity contribution >= 4 is 5.91 Å². The molecule has 0 unspecified atom stereocenters. The Morgan fingerprint density at radius 1 is 1.67 bits per heavy atom. The fraction of sp³-hybridized carbons (Fsp3) is 0.833. The van der Waals surface area contributed by atoms with Gasteiger partial charge in [0.05, 0.1) is 6.17 Å². The van der Waals surface area contributed by atoms with Crippen LogP contribution in [0.25, 0.3) is 0 Å². The van der Waals surface area contributed by atoms with Crippen molar-refractivity contribution in [2.75, 3.05) is 7.05 Å². The van der Waals surface area contributed by atoms with Crippen molar-refractivity contribution in [1.29, 1.82) is 0 Å². The molecule has 0 aliphatic carbocycles. The zero-order valence-electron chi connectivity index (χ0n) is 6.19. The highest BCUT2D eigenvalue weighted by Crippen LogP contribution is 1.77. The van der Waals surface area contributed by atoms with E-state index < -0.39 is 0 Å². The summed E-state index contributed by atoms with van der Waals surface area (Å²) >= 11 is 0. The first-order valence-corrected chi connectivity index (χ1v) is 3.17. The third-order valence-electron chi connectivity index (χ3n) is 1.13. The van der Waals surface area contributed by atoms with Crippen LogP contribution in [0.5, 0.6) is 0 Å². The number of carbonyl (C=O) groups is 1. The molecule has 0 aromatic heterocycles. The lowest BCUT2D eigenvalue weighted by molar-refractivity contribution is -0.121. The van der Waals surface area contributed by atoms with Gasteiger partial charge in [-0.05, 0) is 14.0 Å². The van der Waals surface area contributed by atoms with Crippen LogP contribution in [-0.4, -0.2) is 19.1 Å². The predicted octanol–water partition coefficient (Wildman–Crippen LogP) is 0.0780. The summed E-state index contributed by atoms with van der Waals surface area (Å²) in [6.45, 7) is 3.73. The Hall–Kier alpha value is -0.570. The van der Waals surface area contributed by atoms with Gasteiger partial charge in [0.1, 0.15) is 0 Å². The summed E-state index contributed by atoms with van der Waals surface area (Å²) in [5, 5.41) is 5.63. The van der Waals surface area contributed by atoms with Gasteiger partial charge in [0, 0.05) is 6.42 Å². The van der Waals surface area contributed by atoms with Gasteiger partial charge in [-0.2, -0.15) is 0 Å². The maximum atomic E-state index is 10.6. The van der Waals surface area contributed by atoms with Gasteiger partial charge in [-0.1, -0.05) is 6.92 Å². The molecule has 0 aliphatic rings. The smallest absolute Gasteiger partial charge is 0.220 e. The van der Waals surface area contributed by atoms with E-state index in [2.05, 4.69) is 10.6 Å². The highest BCUT2D eigenvalue weighted by molar-refractivity contribution is 5.75. The third kappa shape index (κ3) is 3.97. The molecule has 54 valence electrons. The first-order valence-electron chi connectivity index (χ1n) is 3.17. The minimum atomic E-state index is 0.0804. The zero-order chi connectivity index (χ0) is 7.28. The molecule has 3 heteroatoms. The van der Waals surface area contributed by atoms with Gasteiger partial charge in [-0.25, -0.2) is 0 Å². The fourth-order valence-electron chi connectivity index (χ4n) is 0.416. The van der Waals surface area contributed by atoms with Crippen LogP contribution in [-0.2, 0) is 4.79 Å². The summed E-state index contributed by atoms with van der Waals surface area (Å²) in [7, 11) is 1.81. The molecule has 0 fully saturated rings. The molecule has 0 aromatic rings. The molecule has 3 nitrogen and oxygen atoms in total. The van der Waals surface area contributed by atoms with Gasteiger partial charge in [-0.15, -0.1) is 0 Å². The van der Waals surface area contributed by atoms with Crippen molar-refractivity contribution < 1.29 is 4.79 Å². The van der Waals surface area contributed by atoms with Gasteiger partial charge in [0.2, 0.25) is 5.91 Å². The number of nitrogens with one attached hydrogen (secondary N) is 2. The number of carbonyl (C=O) groups excluding carboxylic acids is 1. The molecule has 0 aliphatic heterocycles. The molecule has 1 amide bonds. The first-order chi connectivity index (χ1) is 4.20. The highest BCUT2D eigenvalue weighted by atomic mass is 16.1. The van der Waals surface area contributed by atoms with Crippen LogP contribution in [0, 0.1) is 0 Å². The Labute approximate surface area is 55.8 Å². The average molecular weight is 130 g/mol. The van der Waals surface area contributed by atoms with Gasteiger partial charge < -0.3 is 10.6 Å². The average Bonchev–Trinajstić information content (AvgIpc) is 1.87. The molecule has 0 saturated carbocycles. The SMILES string of the molecule is CCC(=O)N[C@H](C)NC. The molecule has 0 spiro atoms. The Morgan fingerprint density at radius 3 is 2.56 bits per heavy atom. The second kappa shape index (κ2) is 4.32. The molecule has 1 atom stereocenters. The van der Waals surface area contributed by atoms with Crippen LogP contribution in [0.1, 0.15) is 20.3 Å². The van der Waals surface area contributed by atoms with Crippen molar-refractivity contribution in [3.63, 3.8) is 0 Å². The van der Waals surface area contributed by atoms with Crippen molar-refractivity contribution in [2.24, 2.45) is 0 Å². The summed E-state index contributed by atoms with van der Waals surface area (Å²) in [5.74, 6) is 0.0804. The Morgan fingerprint density at radius 2 is 2.22 bits per heavy atom. The lowest BCUT2D eigenvalue weighted by Crippen LogP contribution is -2.40. The van der Waals surface area contributed by atoms with E-state index in [4.69, 9.17) is 0 Å². The van der Waals surface area contributed by atoms with Gasteiger partial charge >= 0.3 is 0 Å². The van der Waals surface area contributed by atoms with Crippen LogP contribution in [0.2, 0.25) is 0 Å². The van der Waals surface area contributed by atoms with Crippen LogP contribution in [0.4, 0.5) is 0 Å². The lowest BCUT2D eigenvalue weighted by Gasteiger charge is -2.10. The molecule has 0 aromatic carbocycles. The lowest BCUT2D eigenvalue weighted by atomic mass is 10.4. The zero-order valence-corrected chi connectivity index (χ0v) is 6.19. The topological polar surface area (TPSA) is 41.1 Å². The second-order valence-corrected chi connectivity index (χ2v) is 1.93. The second-order valence-electron chi connectivity index (χ2n) is 1.93. The number of rotatable bonds is 3. The molecular weight excluding hydrogens is 116 g/mol. The highest BCUT2D eigenvalue weighted by Gasteiger charge is 1.99. The van der Waals surface area contributed by atoms with Crippen LogP contribution < -0.4 is 10.6 Å². The minimum absolute atomic E-state index is 0.0804. The summed E-state index contributed by atoms with van der Waals surface area (Å²) in [4.78, 5) is 10.6. The van der Waals surface area contributed by atoms with E-state index in [1.54, 1.807) is 7.05 Å². The number of hydrogen-bond acceptors (Lipinski definition) is 2. The molecule has 9 heavy (non-hydrogen) atoms. The van der Waals surface area contributed by atoms with Crippen molar-refractivity contribution in [2.45, 2.75) is 26.4 Å². The first kappa shape index (κ1) is 8.43. The van der Waals surface area contributed by atoms with E-state index >= 15 is 0 Å². The minimum Gasteiger partial charge on any atom is -0.341 e. The Kier molecular flexibility index (Phi) is 4.05. The number of hydrogen-bond donors (Lipinski definition) is 2. The summed E-state index contributed by atoms with van der Waals surface area (Å²) in [5.41, 5.74) is 0. The van der Waals surface area contributed by atoms with Crippen LogP contribution >= 0.6 is 0 Å². The molecule has 0 saturated heterocycles. The largest absolute Gasteiger partial charge is 0.341 e. The quantitative estimate of drug-likeness (QED) is 0.531. The van der Waals surface area contributed by atoms with Crippen LogP contribution in [0.3, 0.4) is 0 Å². The molecule has 0 radical (unpaired) electrons. The van der Waals surface area contributed by atoms with Crippen molar-refractivity contribution in [3.05, 3.63) is 0 Å². The van der Waals surface area contributed by atoms with E-state index in [0.29, 0.717) is 6.42 Å². The van der Waals surface area contributed by atoms with Gasteiger partial charge in [0.25, 0.3) is 0 Å². The standard InChI is InChI=1S/C6H14N2O/c1-4-6(9)8-5(2)7-3/h5,7H,4H2,1-3H3,(H,8,9)/t5-/m1/s1. The van der Waals surface area contributed by atoms with E-state index in [1.807, 2.05) is 13.8 Å². The summed E-state index contributed by atoms with van der Waals surface area (Å²) in [6.07, 6.45) is 0.629. The molecule has 0 bridgehead atoms. The normalized spacial score (nSPS) is 12.8. The number of amides is 1. The predicted molar refractivity (Wildman–Crippen MR) is 37.0 cm³/mol. The molecule has 0 heterocycles. The Balaban J connectivity index is 3.34. The molecule has 0 rings (SSSR count). The van der Waals surface area contributed by atoms with Crippen LogP contribution in [0.15, 0.2) is 0 Å².